The Morgan fingerprint density at radius 2 is 2.17 bits per heavy atom. The van der Waals surface area contributed by atoms with Gasteiger partial charge in [-0.25, -0.2) is 4.79 Å². The van der Waals surface area contributed by atoms with Crippen molar-refractivity contribution in [2.75, 3.05) is 13.7 Å². The minimum Gasteiger partial charge on any atom is -0.466 e. The SMILES string of the molecule is COC(=O)/C=C/CCNC(=O)C1CCc2nnc(C3CC3)n2C1. The standard InChI is InChI=1S/C16H22N4O3/c1-23-14(21)4-2-3-9-17-16(22)12-7-8-13-18-19-15(11-5-6-11)20(13)10-12/h2,4,11-12H,3,5-10H2,1H3,(H,17,22)/b4-2+. The van der Waals surface area contributed by atoms with Gasteiger partial charge in [0.1, 0.15) is 11.6 Å². The first-order chi connectivity index (χ1) is 11.2. The number of nitrogens with one attached hydrogen (secondary N) is 1. The fraction of sp³-hybridized carbons (Fsp3) is 0.625. The summed E-state index contributed by atoms with van der Waals surface area (Å²) in [5.74, 6) is 2.27. The van der Waals surface area contributed by atoms with Crippen molar-refractivity contribution in [1.82, 2.24) is 20.1 Å². The maximum absolute atomic E-state index is 12.3. The molecule has 1 N–H and O–H groups in total. The van der Waals surface area contributed by atoms with E-state index in [1.165, 1.54) is 26.0 Å². The molecule has 0 aromatic carbocycles. The van der Waals surface area contributed by atoms with Crippen LogP contribution in [0.2, 0.25) is 0 Å². The molecule has 1 saturated carbocycles. The van der Waals surface area contributed by atoms with Crippen LogP contribution in [-0.2, 0) is 27.3 Å². The van der Waals surface area contributed by atoms with Crippen LogP contribution in [0.4, 0.5) is 0 Å². The van der Waals surface area contributed by atoms with Gasteiger partial charge in [0.25, 0.3) is 0 Å². The Balaban J connectivity index is 1.48. The molecule has 124 valence electrons. The predicted molar refractivity (Wildman–Crippen MR) is 82.6 cm³/mol. The summed E-state index contributed by atoms with van der Waals surface area (Å²) in [6, 6.07) is 0. The summed E-state index contributed by atoms with van der Waals surface area (Å²) >= 11 is 0. The second-order valence-electron chi connectivity index (χ2n) is 6.10. The first-order valence-corrected chi connectivity index (χ1v) is 8.13. The summed E-state index contributed by atoms with van der Waals surface area (Å²) in [5.41, 5.74) is 0. The van der Waals surface area contributed by atoms with Gasteiger partial charge in [0.15, 0.2) is 0 Å². The van der Waals surface area contributed by atoms with Gasteiger partial charge in [-0.2, -0.15) is 0 Å². The molecule has 1 aromatic heterocycles. The molecule has 1 aromatic rings. The van der Waals surface area contributed by atoms with Gasteiger partial charge in [-0.3, -0.25) is 4.79 Å². The lowest BCUT2D eigenvalue weighted by atomic mass is 9.98. The first kappa shape index (κ1) is 15.7. The predicted octanol–water partition coefficient (Wildman–Crippen LogP) is 0.953. The molecule has 3 rings (SSSR count). The molecule has 1 amide bonds. The third-order valence-electron chi connectivity index (χ3n) is 4.35. The highest BCUT2D eigenvalue weighted by atomic mass is 16.5. The molecule has 1 aliphatic heterocycles. The fourth-order valence-electron chi connectivity index (χ4n) is 2.88. The van der Waals surface area contributed by atoms with Crippen LogP contribution in [0.25, 0.3) is 0 Å². The molecule has 1 unspecified atom stereocenters. The van der Waals surface area contributed by atoms with E-state index in [9.17, 15) is 9.59 Å². The van der Waals surface area contributed by atoms with Gasteiger partial charge >= 0.3 is 5.97 Å². The van der Waals surface area contributed by atoms with Crippen molar-refractivity contribution >= 4 is 11.9 Å². The third-order valence-corrected chi connectivity index (χ3v) is 4.35. The van der Waals surface area contributed by atoms with E-state index in [-0.39, 0.29) is 17.8 Å². The molecular weight excluding hydrogens is 296 g/mol. The Kier molecular flexibility index (Phi) is 4.73. The Labute approximate surface area is 135 Å². The molecule has 1 atom stereocenters. The van der Waals surface area contributed by atoms with Crippen molar-refractivity contribution in [2.24, 2.45) is 5.92 Å². The van der Waals surface area contributed by atoms with Gasteiger partial charge in [0.05, 0.1) is 13.0 Å². The molecular formula is C16H22N4O3. The summed E-state index contributed by atoms with van der Waals surface area (Å²) in [4.78, 5) is 23.2. The van der Waals surface area contributed by atoms with Crippen molar-refractivity contribution in [3.63, 3.8) is 0 Å². The molecule has 0 spiro atoms. The second kappa shape index (κ2) is 6.93. The number of esters is 1. The number of amides is 1. The van der Waals surface area contributed by atoms with E-state index in [4.69, 9.17) is 0 Å². The van der Waals surface area contributed by atoms with E-state index in [0.717, 1.165) is 24.5 Å². The highest BCUT2D eigenvalue weighted by molar-refractivity contribution is 5.81. The van der Waals surface area contributed by atoms with Crippen molar-refractivity contribution in [1.29, 1.82) is 0 Å². The molecule has 2 heterocycles. The third kappa shape index (κ3) is 3.78. The molecule has 2 aliphatic rings. The van der Waals surface area contributed by atoms with Crippen LogP contribution < -0.4 is 5.32 Å². The number of carbonyl (C=O) groups excluding carboxylic acids is 2. The summed E-state index contributed by atoms with van der Waals surface area (Å²) in [6.07, 6.45) is 7.67. The average Bonchev–Trinajstić information content (AvgIpc) is 3.33. The van der Waals surface area contributed by atoms with E-state index in [0.29, 0.717) is 25.4 Å². The summed E-state index contributed by atoms with van der Waals surface area (Å²) < 4.78 is 6.65. The van der Waals surface area contributed by atoms with Crippen molar-refractivity contribution in [3.05, 3.63) is 23.8 Å². The summed E-state index contributed by atoms with van der Waals surface area (Å²) in [5, 5.41) is 11.5. The zero-order valence-electron chi connectivity index (χ0n) is 13.3. The quantitative estimate of drug-likeness (QED) is 0.479. The molecule has 0 saturated heterocycles. The van der Waals surface area contributed by atoms with E-state index in [2.05, 4.69) is 24.8 Å². The van der Waals surface area contributed by atoms with E-state index >= 15 is 0 Å². The maximum Gasteiger partial charge on any atom is 0.330 e. The number of fused-ring (bicyclic) bond motifs is 1. The highest BCUT2D eigenvalue weighted by Crippen LogP contribution is 2.40. The number of aromatic nitrogens is 3. The number of hydrogen-bond acceptors (Lipinski definition) is 5. The van der Waals surface area contributed by atoms with Gasteiger partial charge in [-0.05, 0) is 25.7 Å². The number of ether oxygens (including phenoxy) is 1. The van der Waals surface area contributed by atoms with E-state index in [1.54, 1.807) is 6.08 Å². The monoisotopic (exact) mass is 318 g/mol. The van der Waals surface area contributed by atoms with Crippen molar-refractivity contribution in [3.8, 4) is 0 Å². The molecule has 23 heavy (non-hydrogen) atoms. The summed E-state index contributed by atoms with van der Waals surface area (Å²) in [6.45, 7) is 1.20. The van der Waals surface area contributed by atoms with Crippen LogP contribution in [0.15, 0.2) is 12.2 Å². The number of nitrogens with zero attached hydrogens (tertiary/aromatic N) is 3. The lowest BCUT2D eigenvalue weighted by Gasteiger charge is -2.23. The van der Waals surface area contributed by atoms with Crippen molar-refractivity contribution < 1.29 is 14.3 Å². The van der Waals surface area contributed by atoms with Gasteiger partial charge in [-0.1, -0.05) is 6.08 Å². The zero-order chi connectivity index (χ0) is 16.2. The van der Waals surface area contributed by atoms with Gasteiger partial charge in [-0.15, -0.1) is 10.2 Å². The molecule has 1 fully saturated rings. The normalized spacial score (nSPS) is 20.3. The van der Waals surface area contributed by atoms with Crippen molar-refractivity contribution in [2.45, 2.75) is 44.6 Å². The first-order valence-electron chi connectivity index (χ1n) is 8.13. The molecule has 0 bridgehead atoms. The van der Waals surface area contributed by atoms with Crippen LogP contribution in [0.3, 0.4) is 0 Å². The fourth-order valence-corrected chi connectivity index (χ4v) is 2.88. The largest absolute Gasteiger partial charge is 0.466 e. The lowest BCUT2D eigenvalue weighted by Crippen LogP contribution is -2.36. The van der Waals surface area contributed by atoms with Crippen LogP contribution >= 0.6 is 0 Å². The summed E-state index contributed by atoms with van der Waals surface area (Å²) in [7, 11) is 1.34. The Hall–Kier alpha value is -2.18. The maximum atomic E-state index is 12.3. The molecule has 0 radical (unpaired) electrons. The van der Waals surface area contributed by atoms with Gasteiger partial charge < -0.3 is 14.6 Å². The number of rotatable bonds is 6. The number of aryl methyl sites for hydroxylation is 1. The Morgan fingerprint density at radius 3 is 2.91 bits per heavy atom. The van der Waals surface area contributed by atoms with Crippen LogP contribution in [-0.4, -0.2) is 40.3 Å². The second-order valence-corrected chi connectivity index (χ2v) is 6.10. The topological polar surface area (TPSA) is 86.1 Å². The van der Waals surface area contributed by atoms with Crippen LogP contribution in [0.1, 0.15) is 43.3 Å². The minimum atomic E-state index is -0.378. The molecule has 7 heteroatoms. The average molecular weight is 318 g/mol. The zero-order valence-corrected chi connectivity index (χ0v) is 13.3. The molecule has 7 nitrogen and oxygen atoms in total. The van der Waals surface area contributed by atoms with E-state index < -0.39 is 0 Å². The smallest absolute Gasteiger partial charge is 0.330 e. The lowest BCUT2D eigenvalue weighted by molar-refractivity contribution is -0.134. The van der Waals surface area contributed by atoms with Crippen LogP contribution in [0, 0.1) is 5.92 Å². The minimum absolute atomic E-state index is 0.0272. The molecule has 1 aliphatic carbocycles. The Morgan fingerprint density at radius 1 is 1.35 bits per heavy atom. The van der Waals surface area contributed by atoms with Crippen LogP contribution in [0.5, 0.6) is 0 Å². The van der Waals surface area contributed by atoms with Gasteiger partial charge in [0.2, 0.25) is 5.91 Å². The number of hydrogen-bond donors (Lipinski definition) is 1. The number of methoxy groups -OCH3 is 1. The Bertz CT molecular complexity index is 619. The highest BCUT2D eigenvalue weighted by Gasteiger charge is 2.34. The van der Waals surface area contributed by atoms with Gasteiger partial charge in [0, 0.05) is 31.5 Å². The number of carbonyl (C=O) groups is 2. The van der Waals surface area contributed by atoms with E-state index in [1.807, 2.05) is 0 Å².